The molecule has 0 spiro atoms. The Kier molecular flexibility index (Phi) is 2.49. The second-order valence-corrected chi connectivity index (χ2v) is 3.44. The molecule has 0 radical (unpaired) electrons. The first-order valence-corrected chi connectivity index (χ1v) is 4.14. The van der Waals surface area contributed by atoms with Crippen LogP contribution < -0.4 is 5.73 Å². The van der Waals surface area contributed by atoms with Gasteiger partial charge in [0, 0.05) is 12.6 Å². The van der Waals surface area contributed by atoms with Crippen LogP contribution in [0.25, 0.3) is 0 Å². The molecule has 3 heteroatoms. The lowest BCUT2D eigenvalue weighted by molar-refractivity contribution is -0.130. The largest absolute Gasteiger partial charge is 0.339 e. The van der Waals surface area contributed by atoms with Crippen molar-refractivity contribution >= 4 is 5.91 Å². The first-order chi connectivity index (χ1) is 5.15. The third-order valence-electron chi connectivity index (χ3n) is 2.28. The molecule has 11 heavy (non-hydrogen) atoms. The van der Waals surface area contributed by atoms with Crippen molar-refractivity contribution in [1.82, 2.24) is 4.90 Å². The minimum Gasteiger partial charge on any atom is -0.339 e. The summed E-state index contributed by atoms with van der Waals surface area (Å²) in [6, 6.07) is 0.390. The number of nitrogens with zero attached hydrogens (tertiary/aromatic N) is 1. The van der Waals surface area contributed by atoms with Crippen molar-refractivity contribution in [2.45, 2.75) is 26.3 Å². The maximum absolute atomic E-state index is 11.2. The third kappa shape index (κ3) is 1.71. The van der Waals surface area contributed by atoms with Gasteiger partial charge in [0.15, 0.2) is 0 Å². The van der Waals surface area contributed by atoms with Crippen molar-refractivity contribution in [3.8, 4) is 0 Å². The molecule has 1 aliphatic heterocycles. The van der Waals surface area contributed by atoms with Gasteiger partial charge in [0.25, 0.3) is 0 Å². The van der Waals surface area contributed by atoms with Crippen LogP contribution in [-0.4, -0.2) is 29.9 Å². The monoisotopic (exact) mass is 156 g/mol. The summed E-state index contributed by atoms with van der Waals surface area (Å²) in [5.41, 5.74) is 5.27. The molecular formula is C8H16N2O. The van der Waals surface area contributed by atoms with Gasteiger partial charge in [0.05, 0.1) is 6.54 Å². The van der Waals surface area contributed by atoms with Crippen molar-refractivity contribution < 1.29 is 4.79 Å². The van der Waals surface area contributed by atoms with Gasteiger partial charge in [-0.05, 0) is 19.3 Å². The zero-order valence-electron chi connectivity index (χ0n) is 7.21. The highest BCUT2D eigenvalue weighted by atomic mass is 16.2. The van der Waals surface area contributed by atoms with E-state index in [-0.39, 0.29) is 12.5 Å². The molecule has 3 nitrogen and oxygen atoms in total. The quantitative estimate of drug-likeness (QED) is 0.589. The normalized spacial score (nSPS) is 31.0. The van der Waals surface area contributed by atoms with Crippen LogP contribution >= 0.6 is 0 Å². The minimum absolute atomic E-state index is 0.0850. The zero-order chi connectivity index (χ0) is 8.43. The summed E-state index contributed by atoms with van der Waals surface area (Å²) < 4.78 is 0. The topological polar surface area (TPSA) is 46.3 Å². The van der Waals surface area contributed by atoms with Gasteiger partial charge in [-0.2, -0.15) is 0 Å². The second-order valence-electron chi connectivity index (χ2n) is 3.44. The van der Waals surface area contributed by atoms with Crippen LogP contribution in [0.5, 0.6) is 0 Å². The number of hydrogen-bond acceptors (Lipinski definition) is 2. The first-order valence-electron chi connectivity index (χ1n) is 4.14. The van der Waals surface area contributed by atoms with E-state index in [4.69, 9.17) is 5.73 Å². The average molecular weight is 156 g/mol. The summed E-state index contributed by atoms with van der Waals surface area (Å²) in [6.45, 7) is 5.28. The zero-order valence-corrected chi connectivity index (χ0v) is 7.21. The van der Waals surface area contributed by atoms with E-state index in [0.717, 1.165) is 13.0 Å². The van der Waals surface area contributed by atoms with E-state index < -0.39 is 0 Å². The van der Waals surface area contributed by atoms with Crippen molar-refractivity contribution in [3.63, 3.8) is 0 Å². The number of amides is 1. The summed E-state index contributed by atoms with van der Waals surface area (Å²) in [5, 5.41) is 0. The Balaban J connectivity index is 2.52. The lowest BCUT2D eigenvalue weighted by Gasteiger charge is -2.20. The molecule has 0 aromatic heterocycles. The van der Waals surface area contributed by atoms with Gasteiger partial charge in [-0.3, -0.25) is 4.79 Å². The molecule has 1 heterocycles. The van der Waals surface area contributed by atoms with Crippen LogP contribution in [0.3, 0.4) is 0 Å². The molecule has 2 atom stereocenters. The molecular weight excluding hydrogens is 140 g/mol. The SMILES string of the molecule is CC1CC(C)N(C(=O)CN)C1. The van der Waals surface area contributed by atoms with Crippen LogP contribution in [0.4, 0.5) is 0 Å². The Labute approximate surface area is 67.5 Å². The standard InChI is InChI=1S/C8H16N2O/c1-6-3-7(2)10(5-6)8(11)4-9/h6-7H,3-5,9H2,1-2H3. The highest BCUT2D eigenvalue weighted by Gasteiger charge is 2.28. The fourth-order valence-corrected chi connectivity index (χ4v) is 1.76. The van der Waals surface area contributed by atoms with Crippen molar-refractivity contribution in [2.75, 3.05) is 13.1 Å². The van der Waals surface area contributed by atoms with Crippen LogP contribution in [0.2, 0.25) is 0 Å². The molecule has 64 valence electrons. The average Bonchev–Trinajstić information content (AvgIpc) is 2.28. The molecule has 2 N–H and O–H groups in total. The van der Waals surface area contributed by atoms with Crippen LogP contribution in [0.1, 0.15) is 20.3 Å². The first kappa shape index (κ1) is 8.53. The molecule has 0 aromatic rings. The van der Waals surface area contributed by atoms with Crippen LogP contribution in [-0.2, 0) is 4.79 Å². The lowest BCUT2D eigenvalue weighted by Crippen LogP contribution is -2.38. The Morgan fingerprint density at radius 2 is 2.27 bits per heavy atom. The Hall–Kier alpha value is -0.570. The second kappa shape index (κ2) is 3.22. The molecule has 1 aliphatic rings. The maximum atomic E-state index is 11.2. The predicted molar refractivity (Wildman–Crippen MR) is 44.0 cm³/mol. The Morgan fingerprint density at radius 1 is 1.64 bits per heavy atom. The Morgan fingerprint density at radius 3 is 2.64 bits per heavy atom. The highest BCUT2D eigenvalue weighted by Crippen LogP contribution is 2.21. The van der Waals surface area contributed by atoms with E-state index in [2.05, 4.69) is 13.8 Å². The van der Waals surface area contributed by atoms with Gasteiger partial charge < -0.3 is 10.6 Å². The predicted octanol–water partition coefficient (Wildman–Crippen LogP) is 0.202. The molecule has 0 aliphatic carbocycles. The summed E-state index contributed by atoms with van der Waals surface area (Å²) in [6.07, 6.45) is 1.12. The van der Waals surface area contributed by atoms with E-state index in [1.54, 1.807) is 0 Å². The number of nitrogens with two attached hydrogens (primary N) is 1. The minimum atomic E-state index is 0.0850. The maximum Gasteiger partial charge on any atom is 0.236 e. The number of carbonyl (C=O) groups excluding carboxylic acids is 1. The van der Waals surface area contributed by atoms with Crippen molar-refractivity contribution in [1.29, 1.82) is 0 Å². The van der Waals surface area contributed by atoms with Crippen molar-refractivity contribution in [2.24, 2.45) is 11.7 Å². The molecule has 0 aromatic carbocycles. The molecule has 0 bridgehead atoms. The highest BCUT2D eigenvalue weighted by molar-refractivity contribution is 5.78. The summed E-state index contributed by atoms with van der Waals surface area (Å²) in [7, 11) is 0. The number of rotatable bonds is 1. The van der Waals surface area contributed by atoms with Gasteiger partial charge in [0.1, 0.15) is 0 Å². The molecule has 0 saturated carbocycles. The van der Waals surface area contributed by atoms with Gasteiger partial charge in [-0.1, -0.05) is 6.92 Å². The number of likely N-dealkylation sites (tertiary alicyclic amines) is 1. The number of carbonyl (C=O) groups is 1. The summed E-state index contributed by atoms with van der Waals surface area (Å²) >= 11 is 0. The third-order valence-corrected chi connectivity index (χ3v) is 2.28. The molecule has 1 rings (SSSR count). The molecule has 1 saturated heterocycles. The van der Waals surface area contributed by atoms with Gasteiger partial charge >= 0.3 is 0 Å². The number of hydrogen-bond donors (Lipinski definition) is 1. The Bertz CT molecular complexity index is 158. The molecule has 1 amide bonds. The van der Waals surface area contributed by atoms with E-state index in [1.807, 2.05) is 4.90 Å². The fourth-order valence-electron chi connectivity index (χ4n) is 1.76. The smallest absolute Gasteiger partial charge is 0.236 e. The van der Waals surface area contributed by atoms with E-state index >= 15 is 0 Å². The van der Waals surface area contributed by atoms with Gasteiger partial charge in [-0.25, -0.2) is 0 Å². The van der Waals surface area contributed by atoms with Crippen LogP contribution in [0, 0.1) is 5.92 Å². The van der Waals surface area contributed by atoms with E-state index in [0.29, 0.717) is 12.0 Å². The molecule has 1 fully saturated rings. The van der Waals surface area contributed by atoms with Gasteiger partial charge in [0.2, 0.25) is 5.91 Å². The summed E-state index contributed by atoms with van der Waals surface area (Å²) in [5.74, 6) is 0.724. The lowest BCUT2D eigenvalue weighted by atomic mass is 10.1. The summed E-state index contributed by atoms with van der Waals surface area (Å²) in [4.78, 5) is 13.1. The van der Waals surface area contributed by atoms with E-state index in [1.165, 1.54) is 0 Å². The molecule has 2 unspecified atom stereocenters. The van der Waals surface area contributed by atoms with E-state index in [9.17, 15) is 4.79 Å². The van der Waals surface area contributed by atoms with Crippen LogP contribution in [0.15, 0.2) is 0 Å². The van der Waals surface area contributed by atoms with Crippen molar-refractivity contribution in [3.05, 3.63) is 0 Å². The fraction of sp³-hybridized carbons (Fsp3) is 0.875. The van der Waals surface area contributed by atoms with Gasteiger partial charge in [-0.15, -0.1) is 0 Å².